The lowest BCUT2D eigenvalue weighted by atomic mass is 10.0. The van der Waals surface area contributed by atoms with Crippen molar-refractivity contribution >= 4 is 17.9 Å². The third kappa shape index (κ3) is 50.1. The van der Waals surface area contributed by atoms with Gasteiger partial charge in [0, 0.05) is 19.3 Å². The summed E-state index contributed by atoms with van der Waals surface area (Å²) in [6.07, 6.45) is 65.3. The van der Waals surface area contributed by atoms with Gasteiger partial charge in [0.15, 0.2) is 6.10 Å². The van der Waals surface area contributed by atoms with Gasteiger partial charge >= 0.3 is 17.9 Å². The van der Waals surface area contributed by atoms with Crippen LogP contribution in [0.2, 0.25) is 0 Å². The molecule has 0 heterocycles. The van der Waals surface area contributed by atoms with Crippen molar-refractivity contribution in [1.29, 1.82) is 0 Å². The van der Waals surface area contributed by atoms with E-state index >= 15 is 0 Å². The highest BCUT2D eigenvalue weighted by atomic mass is 16.6. The van der Waals surface area contributed by atoms with Crippen molar-refractivity contribution in [3.63, 3.8) is 0 Å². The smallest absolute Gasteiger partial charge is 0.306 e. The van der Waals surface area contributed by atoms with Crippen LogP contribution in [0.1, 0.15) is 271 Å². The minimum absolute atomic E-state index is 0.0720. The average molecular weight is 895 g/mol. The van der Waals surface area contributed by atoms with Gasteiger partial charge in [-0.15, -0.1) is 0 Å². The largest absolute Gasteiger partial charge is 0.462 e. The first-order valence-electron chi connectivity index (χ1n) is 27.3. The SMILES string of the molecule is CC/C=C\C/C=C\C/C=C\C/C=C\C/C=C\CCCCCCCCCCCCCC(=O)OCC(COC(=O)CCCCCCCC)OC(=O)CCCCCCCCCCCCCCC. The molecule has 1 atom stereocenters. The fourth-order valence-electron chi connectivity index (χ4n) is 7.70. The molecule has 0 fully saturated rings. The first-order chi connectivity index (χ1) is 31.5. The molecule has 370 valence electrons. The summed E-state index contributed by atoms with van der Waals surface area (Å²) in [6, 6.07) is 0. The molecule has 6 heteroatoms. The van der Waals surface area contributed by atoms with Crippen LogP contribution in [-0.2, 0) is 28.6 Å². The predicted molar refractivity (Wildman–Crippen MR) is 275 cm³/mol. The van der Waals surface area contributed by atoms with Gasteiger partial charge in [0.1, 0.15) is 13.2 Å². The average Bonchev–Trinajstić information content (AvgIpc) is 3.29. The predicted octanol–water partition coefficient (Wildman–Crippen LogP) is 18.0. The molecule has 0 aromatic rings. The van der Waals surface area contributed by atoms with Crippen LogP contribution in [0.15, 0.2) is 60.8 Å². The first kappa shape index (κ1) is 61.1. The zero-order valence-electron chi connectivity index (χ0n) is 42.3. The molecule has 6 nitrogen and oxygen atoms in total. The van der Waals surface area contributed by atoms with Gasteiger partial charge < -0.3 is 14.2 Å². The van der Waals surface area contributed by atoms with Gasteiger partial charge in [-0.2, -0.15) is 0 Å². The van der Waals surface area contributed by atoms with Crippen LogP contribution in [0.4, 0.5) is 0 Å². The molecule has 0 aliphatic rings. The number of esters is 3. The van der Waals surface area contributed by atoms with Crippen molar-refractivity contribution < 1.29 is 28.6 Å². The maximum atomic E-state index is 12.7. The molecule has 0 spiro atoms. The fourth-order valence-corrected chi connectivity index (χ4v) is 7.70. The molecule has 64 heavy (non-hydrogen) atoms. The Morgan fingerprint density at radius 3 is 0.953 bits per heavy atom. The minimum atomic E-state index is -0.768. The van der Waals surface area contributed by atoms with Gasteiger partial charge in [-0.1, -0.05) is 248 Å². The number of unbranched alkanes of at least 4 members (excludes halogenated alkanes) is 28. The third-order valence-corrected chi connectivity index (χ3v) is 11.8. The molecule has 0 rings (SSSR count). The number of ether oxygens (including phenoxy) is 3. The lowest BCUT2D eigenvalue weighted by Crippen LogP contribution is -2.30. The molecule has 0 saturated heterocycles. The van der Waals surface area contributed by atoms with E-state index in [9.17, 15) is 14.4 Å². The number of rotatable bonds is 49. The van der Waals surface area contributed by atoms with Crippen molar-refractivity contribution in [3.8, 4) is 0 Å². The molecule has 0 aromatic heterocycles. The second-order valence-electron chi connectivity index (χ2n) is 18.1. The van der Waals surface area contributed by atoms with Crippen LogP contribution in [0.25, 0.3) is 0 Å². The van der Waals surface area contributed by atoms with Crippen LogP contribution in [0.5, 0.6) is 0 Å². The van der Waals surface area contributed by atoms with Gasteiger partial charge in [0.25, 0.3) is 0 Å². The zero-order valence-corrected chi connectivity index (χ0v) is 42.3. The van der Waals surface area contributed by atoms with Crippen LogP contribution in [0, 0.1) is 0 Å². The molecule has 0 aliphatic heterocycles. The quantitative estimate of drug-likeness (QED) is 0.0262. The summed E-state index contributed by atoms with van der Waals surface area (Å²) in [6.45, 7) is 6.48. The van der Waals surface area contributed by atoms with E-state index < -0.39 is 6.10 Å². The summed E-state index contributed by atoms with van der Waals surface area (Å²) < 4.78 is 16.7. The maximum Gasteiger partial charge on any atom is 0.306 e. The van der Waals surface area contributed by atoms with Crippen LogP contribution >= 0.6 is 0 Å². The summed E-state index contributed by atoms with van der Waals surface area (Å²) in [5.74, 6) is -0.877. The van der Waals surface area contributed by atoms with Gasteiger partial charge in [0.2, 0.25) is 0 Å². The number of hydrogen-bond donors (Lipinski definition) is 0. The van der Waals surface area contributed by atoms with Gasteiger partial charge in [-0.05, 0) is 64.2 Å². The molecule has 0 bridgehead atoms. The van der Waals surface area contributed by atoms with Crippen molar-refractivity contribution in [1.82, 2.24) is 0 Å². The maximum absolute atomic E-state index is 12.7. The molecule has 1 unspecified atom stereocenters. The van der Waals surface area contributed by atoms with Crippen LogP contribution < -0.4 is 0 Å². The molecule has 0 aromatic carbocycles. The van der Waals surface area contributed by atoms with Crippen molar-refractivity contribution in [2.24, 2.45) is 0 Å². The van der Waals surface area contributed by atoms with E-state index in [1.54, 1.807) is 0 Å². The second kappa shape index (κ2) is 52.7. The van der Waals surface area contributed by atoms with E-state index in [4.69, 9.17) is 14.2 Å². The Balaban J connectivity index is 4.08. The second-order valence-corrected chi connectivity index (χ2v) is 18.1. The number of hydrogen-bond acceptors (Lipinski definition) is 6. The monoisotopic (exact) mass is 895 g/mol. The van der Waals surface area contributed by atoms with Crippen molar-refractivity contribution in [2.45, 2.75) is 277 Å². The highest BCUT2D eigenvalue weighted by molar-refractivity contribution is 5.71. The van der Waals surface area contributed by atoms with Gasteiger partial charge in [0.05, 0.1) is 0 Å². The standard InChI is InChI=1S/C58H102O6/c1-4-7-10-13-16-18-20-22-23-24-25-26-27-28-29-30-31-32-33-34-35-37-38-40-42-45-48-51-57(60)63-54-55(53-62-56(59)50-47-44-15-12-9-6-3)64-58(61)52-49-46-43-41-39-36-21-19-17-14-11-8-5-2/h7,10,16,18,22-23,25-26,28-29,55H,4-6,8-9,11-15,17,19-21,24,27,30-54H2,1-3H3/b10-7-,18-16-,23-22-,26-25-,29-28-. The van der Waals surface area contributed by atoms with E-state index in [0.717, 1.165) is 89.9 Å². The van der Waals surface area contributed by atoms with Crippen LogP contribution in [-0.4, -0.2) is 37.2 Å². The Kier molecular flexibility index (Phi) is 50.4. The lowest BCUT2D eigenvalue weighted by molar-refractivity contribution is -0.167. The highest BCUT2D eigenvalue weighted by Crippen LogP contribution is 2.16. The summed E-state index contributed by atoms with van der Waals surface area (Å²) in [5, 5.41) is 0. The summed E-state index contributed by atoms with van der Waals surface area (Å²) >= 11 is 0. The number of carbonyl (C=O) groups excluding carboxylic acids is 3. The molecule has 0 aliphatic carbocycles. The molecule has 0 N–H and O–H groups in total. The van der Waals surface area contributed by atoms with E-state index in [1.165, 1.54) is 141 Å². The van der Waals surface area contributed by atoms with E-state index in [2.05, 4.69) is 81.5 Å². The Morgan fingerprint density at radius 2 is 0.609 bits per heavy atom. The molecule has 0 radical (unpaired) electrons. The highest BCUT2D eigenvalue weighted by Gasteiger charge is 2.19. The lowest BCUT2D eigenvalue weighted by Gasteiger charge is -2.18. The van der Waals surface area contributed by atoms with E-state index in [0.29, 0.717) is 19.3 Å². The number of carbonyl (C=O) groups is 3. The normalized spacial score (nSPS) is 12.5. The zero-order chi connectivity index (χ0) is 46.5. The van der Waals surface area contributed by atoms with Crippen molar-refractivity contribution in [2.75, 3.05) is 13.2 Å². The van der Waals surface area contributed by atoms with Gasteiger partial charge in [-0.25, -0.2) is 0 Å². The Morgan fingerprint density at radius 1 is 0.328 bits per heavy atom. The van der Waals surface area contributed by atoms with E-state index in [-0.39, 0.29) is 31.1 Å². The summed E-state index contributed by atoms with van der Waals surface area (Å²) in [5.41, 5.74) is 0. The Hall–Kier alpha value is -2.89. The molecule has 0 amide bonds. The summed E-state index contributed by atoms with van der Waals surface area (Å²) in [7, 11) is 0. The third-order valence-electron chi connectivity index (χ3n) is 11.8. The topological polar surface area (TPSA) is 78.9 Å². The Labute approximate surface area is 396 Å². The fraction of sp³-hybridized carbons (Fsp3) is 0.776. The van der Waals surface area contributed by atoms with Gasteiger partial charge in [-0.3, -0.25) is 14.4 Å². The number of allylic oxidation sites excluding steroid dienone is 10. The summed E-state index contributed by atoms with van der Waals surface area (Å²) in [4.78, 5) is 37.8. The first-order valence-corrected chi connectivity index (χ1v) is 27.3. The molecular formula is C58H102O6. The minimum Gasteiger partial charge on any atom is -0.462 e. The molecule has 0 saturated carbocycles. The van der Waals surface area contributed by atoms with Crippen LogP contribution in [0.3, 0.4) is 0 Å². The molecular weight excluding hydrogens is 793 g/mol. The van der Waals surface area contributed by atoms with Crippen molar-refractivity contribution in [3.05, 3.63) is 60.8 Å². The van der Waals surface area contributed by atoms with E-state index in [1.807, 2.05) is 0 Å². The Bertz CT molecular complexity index is 1170.